The van der Waals surface area contributed by atoms with Gasteiger partial charge < -0.3 is 10.5 Å². The first-order valence-electron chi connectivity index (χ1n) is 5.56. The SMILES string of the molecule is CC(C)(C)OC(=O)[C@H](N)C(F)(F)c1ccccc1. The zero-order valence-corrected chi connectivity index (χ0v) is 10.6. The Bertz CT molecular complexity index is 413. The minimum Gasteiger partial charge on any atom is -0.459 e. The molecular weight excluding hydrogens is 240 g/mol. The number of halogens is 2. The van der Waals surface area contributed by atoms with Crippen molar-refractivity contribution in [2.24, 2.45) is 5.73 Å². The minimum atomic E-state index is -3.45. The largest absolute Gasteiger partial charge is 0.459 e. The Labute approximate surface area is 105 Å². The summed E-state index contributed by atoms with van der Waals surface area (Å²) in [6.45, 7) is 4.79. The van der Waals surface area contributed by atoms with Gasteiger partial charge in [0.25, 0.3) is 5.92 Å². The van der Waals surface area contributed by atoms with E-state index < -0.39 is 23.5 Å². The highest BCUT2D eigenvalue weighted by Crippen LogP contribution is 2.31. The summed E-state index contributed by atoms with van der Waals surface area (Å²) in [4.78, 5) is 11.6. The van der Waals surface area contributed by atoms with Gasteiger partial charge in [-0.1, -0.05) is 30.3 Å². The second-order valence-electron chi connectivity index (χ2n) is 5.00. The van der Waals surface area contributed by atoms with Crippen molar-refractivity contribution in [3.8, 4) is 0 Å². The Balaban J connectivity index is 2.89. The van der Waals surface area contributed by atoms with Crippen molar-refractivity contribution >= 4 is 5.97 Å². The normalized spacial score (nSPS) is 14.1. The summed E-state index contributed by atoms with van der Waals surface area (Å²) in [5, 5.41) is 0. The van der Waals surface area contributed by atoms with Crippen LogP contribution in [0.3, 0.4) is 0 Å². The lowest BCUT2D eigenvalue weighted by Gasteiger charge is -2.26. The van der Waals surface area contributed by atoms with Crippen molar-refractivity contribution in [3.63, 3.8) is 0 Å². The van der Waals surface area contributed by atoms with Gasteiger partial charge in [-0.25, -0.2) is 0 Å². The molecule has 0 fully saturated rings. The maximum atomic E-state index is 13.9. The number of hydrogen-bond acceptors (Lipinski definition) is 3. The average Bonchev–Trinajstić information content (AvgIpc) is 2.27. The second kappa shape index (κ2) is 5.02. The molecule has 18 heavy (non-hydrogen) atoms. The Hall–Kier alpha value is -1.49. The number of carbonyl (C=O) groups excluding carboxylic acids is 1. The van der Waals surface area contributed by atoms with Crippen LogP contribution in [0.5, 0.6) is 0 Å². The molecule has 1 aromatic rings. The predicted molar refractivity (Wildman–Crippen MR) is 64.2 cm³/mol. The van der Waals surface area contributed by atoms with Crippen LogP contribution in [-0.2, 0) is 15.5 Å². The van der Waals surface area contributed by atoms with Crippen LogP contribution in [0.4, 0.5) is 8.78 Å². The predicted octanol–water partition coefficient (Wildman–Crippen LogP) is 2.45. The quantitative estimate of drug-likeness (QED) is 0.846. The van der Waals surface area contributed by atoms with Gasteiger partial charge >= 0.3 is 5.97 Å². The Morgan fingerprint density at radius 2 is 1.72 bits per heavy atom. The van der Waals surface area contributed by atoms with Crippen LogP contribution < -0.4 is 5.73 Å². The summed E-state index contributed by atoms with van der Waals surface area (Å²) in [6.07, 6.45) is 0. The number of benzene rings is 1. The molecule has 0 unspecified atom stereocenters. The molecule has 0 saturated heterocycles. The second-order valence-corrected chi connectivity index (χ2v) is 5.00. The van der Waals surface area contributed by atoms with E-state index in [0.29, 0.717) is 0 Å². The Kier molecular flexibility index (Phi) is 4.06. The summed E-state index contributed by atoms with van der Waals surface area (Å²) < 4.78 is 32.8. The molecule has 0 aliphatic carbocycles. The molecular formula is C13H17F2NO2. The molecule has 5 heteroatoms. The Morgan fingerprint density at radius 1 is 1.22 bits per heavy atom. The number of nitrogens with two attached hydrogens (primary N) is 1. The smallest absolute Gasteiger partial charge is 0.330 e. The first-order valence-corrected chi connectivity index (χ1v) is 5.56. The molecule has 0 heterocycles. The lowest BCUT2D eigenvalue weighted by molar-refractivity contribution is -0.167. The first kappa shape index (κ1) is 14.6. The Morgan fingerprint density at radius 3 is 2.17 bits per heavy atom. The zero-order chi connectivity index (χ0) is 14.0. The highest BCUT2D eigenvalue weighted by atomic mass is 19.3. The highest BCUT2D eigenvalue weighted by Gasteiger charge is 2.45. The highest BCUT2D eigenvalue weighted by molar-refractivity contribution is 5.77. The van der Waals surface area contributed by atoms with E-state index in [-0.39, 0.29) is 5.56 Å². The summed E-state index contributed by atoms with van der Waals surface area (Å²) in [6, 6.07) is 4.97. The van der Waals surface area contributed by atoms with Crippen LogP contribution in [0.25, 0.3) is 0 Å². The number of alkyl halides is 2. The van der Waals surface area contributed by atoms with Gasteiger partial charge in [0.05, 0.1) is 0 Å². The monoisotopic (exact) mass is 257 g/mol. The maximum absolute atomic E-state index is 13.9. The number of carbonyl (C=O) groups is 1. The van der Waals surface area contributed by atoms with E-state index in [1.807, 2.05) is 0 Å². The zero-order valence-electron chi connectivity index (χ0n) is 10.6. The molecule has 0 aromatic heterocycles. The third kappa shape index (κ3) is 3.50. The summed E-state index contributed by atoms with van der Waals surface area (Å²) in [5.74, 6) is -4.57. The van der Waals surface area contributed by atoms with Gasteiger partial charge in [-0.3, -0.25) is 4.79 Å². The fourth-order valence-electron chi connectivity index (χ4n) is 1.35. The third-order valence-corrected chi connectivity index (χ3v) is 2.21. The van der Waals surface area contributed by atoms with Crippen molar-refractivity contribution in [2.45, 2.75) is 38.3 Å². The third-order valence-electron chi connectivity index (χ3n) is 2.21. The van der Waals surface area contributed by atoms with Crippen LogP contribution in [0.1, 0.15) is 26.3 Å². The fourth-order valence-corrected chi connectivity index (χ4v) is 1.35. The first-order chi connectivity index (χ1) is 8.14. The topological polar surface area (TPSA) is 52.3 Å². The summed E-state index contributed by atoms with van der Waals surface area (Å²) in [5.41, 5.74) is 4.16. The molecule has 3 nitrogen and oxygen atoms in total. The van der Waals surface area contributed by atoms with Crippen LogP contribution >= 0.6 is 0 Å². The van der Waals surface area contributed by atoms with Gasteiger partial charge in [0, 0.05) is 5.56 Å². The van der Waals surface area contributed by atoms with Gasteiger partial charge in [-0.05, 0) is 20.8 Å². The van der Waals surface area contributed by atoms with Crippen LogP contribution in [-0.4, -0.2) is 17.6 Å². The molecule has 0 amide bonds. The van der Waals surface area contributed by atoms with E-state index >= 15 is 0 Å². The molecule has 0 radical (unpaired) electrons. The molecule has 0 aliphatic rings. The summed E-state index contributed by atoms with van der Waals surface area (Å²) >= 11 is 0. The van der Waals surface area contributed by atoms with Crippen molar-refractivity contribution in [1.29, 1.82) is 0 Å². The van der Waals surface area contributed by atoms with Crippen LogP contribution in [0.2, 0.25) is 0 Å². The lowest BCUT2D eigenvalue weighted by atomic mass is 10.0. The molecule has 0 aliphatic heterocycles. The number of rotatable bonds is 3. The molecule has 2 N–H and O–H groups in total. The minimum absolute atomic E-state index is 0.302. The molecule has 0 saturated carbocycles. The average molecular weight is 257 g/mol. The van der Waals surface area contributed by atoms with Gasteiger partial charge in [0.1, 0.15) is 5.60 Å². The van der Waals surface area contributed by atoms with Gasteiger partial charge in [0.15, 0.2) is 6.04 Å². The number of esters is 1. The number of ether oxygens (including phenoxy) is 1. The molecule has 100 valence electrons. The molecule has 0 bridgehead atoms. The van der Waals surface area contributed by atoms with E-state index in [1.54, 1.807) is 26.8 Å². The van der Waals surface area contributed by atoms with Gasteiger partial charge in [0.2, 0.25) is 0 Å². The van der Waals surface area contributed by atoms with E-state index in [9.17, 15) is 13.6 Å². The van der Waals surface area contributed by atoms with E-state index in [4.69, 9.17) is 10.5 Å². The van der Waals surface area contributed by atoms with Crippen molar-refractivity contribution in [1.82, 2.24) is 0 Å². The fraction of sp³-hybridized carbons (Fsp3) is 0.462. The van der Waals surface area contributed by atoms with Crippen LogP contribution in [0.15, 0.2) is 30.3 Å². The maximum Gasteiger partial charge on any atom is 0.330 e. The molecule has 1 rings (SSSR count). The number of hydrogen-bond donors (Lipinski definition) is 1. The van der Waals surface area contributed by atoms with Gasteiger partial charge in [-0.2, -0.15) is 8.78 Å². The van der Waals surface area contributed by atoms with Crippen molar-refractivity contribution in [2.75, 3.05) is 0 Å². The summed E-state index contributed by atoms with van der Waals surface area (Å²) in [7, 11) is 0. The molecule has 1 atom stereocenters. The standard InChI is InChI=1S/C13H17F2NO2/c1-12(2,3)18-11(17)10(16)13(14,15)9-7-5-4-6-8-9/h4-8,10H,16H2,1-3H3/t10-/m0/s1. The van der Waals surface area contributed by atoms with Crippen molar-refractivity contribution < 1.29 is 18.3 Å². The van der Waals surface area contributed by atoms with Crippen molar-refractivity contribution in [3.05, 3.63) is 35.9 Å². The van der Waals surface area contributed by atoms with E-state index in [2.05, 4.69) is 0 Å². The van der Waals surface area contributed by atoms with Crippen LogP contribution in [0, 0.1) is 0 Å². The van der Waals surface area contributed by atoms with E-state index in [1.165, 1.54) is 24.3 Å². The molecule has 0 spiro atoms. The van der Waals surface area contributed by atoms with Gasteiger partial charge in [-0.15, -0.1) is 0 Å². The molecule has 1 aromatic carbocycles. The van der Waals surface area contributed by atoms with E-state index in [0.717, 1.165) is 0 Å². The lowest BCUT2D eigenvalue weighted by Crippen LogP contribution is -2.48.